The fraction of sp³-hybridized carbons (Fsp3) is 0.143. The van der Waals surface area contributed by atoms with E-state index in [1.54, 1.807) is 66.7 Å². The number of carbonyl (C=O) groups is 2. The van der Waals surface area contributed by atoms with E-state index in [0.717, 1.165) is 11.3 Å². The van der Waals surface area contributed by atoms with Gasteiger partial charge in [0.1, 0.15) is 17.3 Å². The van der Waals surface area contributed by atoms with Gasteiger partial charge in [0.05, 0.1) is 18.2 Å². The number of hydrogen-bond donors (Lipinski definition) is 1. The van der Waals surface area contributed by atoms with Crippen LogP contribution < -0.4 is 9.64 Å². The molecule has 1 aliphatic rings. The third-order valence-electron chi connectivity index (χ3n) is 5.96. The van der Waals surface area contributed by atoms with Crippen LogP contribution in [0.4, 0.5) is 9.52 Å². The molecule has 0 spiro atoms. The molecule has 3 aromatic carbocycles. The molecule has 0 bridgehead atoms. The number of hydrogen-bond acceptors (Lipinski definition) is 8. The van der Waals surface area contributed by atoms with E-state index in [1.807, 2.05) is 6.92 Å². The molecule has 1 N–H and O–H groups in total. The number of halogens is 2. The second-order valence-corrected chi connectivity index (χ2v) is 11.0. The molecule has 1 aromatic heterocycles. The number of Topliss-reactive ketones (excluding diaryl/α,β-unsaturated/α-hetero) is 1. The number of aliphatic hydroxyl groups is 1. The zero-order valence-electron chi connectivity index (χ0n) is 20.5. The van der Waals surface area contributed by atoms with Gasteiger partial charge in [-0.25, -0.2) is 4.39 Å². The lowest BCUT2D eigenvalue weighted by atomic mass is 9.95. The van der Waals surface area contributed by atoms with Crippen LogP contribution in [-0.2, 0) is 15.3 Å². The fourth-order valence-electron chi connectivity index (χ4n) is 4.16. The van der Waals surface area contributed by atoms with E-state index >= 15 is 0 Å². The highest BCUT2D eigenvalue weighted by molar-refractivity contribution is 8.00. The van der Waals surface area contributed by atoms with Gasteiger partial charge < -0.3 is 9.84 Å². The summed E-state index contributed by atoms with van der Waals surface area (Å²) in [7, 11) is 0. The molecule has 5 rings (SSSR count). The third-order valence-corrected chi connectivity index (χ3v) is 8.31. The molecular weight excluding hydrogens is 561 g/mol. The summed E-state index contributed by atoms with van der Waals surface area (Å²) in [4.78, 5) is 28.0. The molecule has 11 heteroatoms. The minimum Gasteiger partial charge on any atom is -0.507 e. The molecule has 1 amide bonds. The number of rotatable bonds is 8. The summed E-state index contributed by atoms with van der Waals surface area (Å²) >= 11 is 8.37. The predicted molar refractivity (Wildman–Crippen MR) is 150 cm³/mol. The number of ether oxygens (including phenoxy) is 1. The lowest BCUT2D eigenvalue weighted by Crippen LogP contribution is -2.29. The van der Waals surface area contributed by atoms with Crippen molar-refractivity contribution in [2.24, 2.45) is 0 Å². The first-order valence-electron chi connectivity index (χ1n) is 11.9. The SMILES string of the molecule is CCOc1cccc(C2C(=C(O)c3ccc(Cl)cc3)C(=O)C(=O)N2c2nnc(SCc3ccccc3F)s2)c1. The molecule has 0 radical (unpaired) electrons. The van der Waals surface area contributed by atoms with Crippen LogP contribution in [0, 0.1) is 5.82 Å². The van der Waals surface area contributed by atoms with Crippen molar-refractivity contribution in [2.75, 3.05) is 11.5 Å². The summed E-state index contributed by atoms with van der Waals surface area (Å²) in [5.74, 6) is -1.50. The molecular formula is C28H21ClFN3O4S2. The topological polar surface area (TPSA) is 92.6 Å². The molecule has 198 valence electrons. The van der Waals surface area contributed by atoms with Gasteiger partial charge in [0.2, 0.25) is 5.13 Å². The number of aromatic nitrogens is 2. The van der Waals surface area contributed by atoms with Crippen molar-refractivity contribution in [3.8, 4) is 5.75 Å². The van der Waals surface area contributed by atoms with E-state index in [4.69, 9.17) is 16.3 Å². The van der Waals surface area contributed by atoms with Crippen molar-refractivity contribution < 1.29 is 23.8 Å². The number of aliphatic hydroxyl groups excluding tert-OH is 1. The van der Waals surface area contributed by atoms with Crippen molar-refractivity contribution in [1.29, 1.82) is 0 Å². The summed E-state index contributed by atoms with van der Waals surface area (Å²) in [5, 5.41) is 20.2. The highest BCUT2D eigenvalue weighted by Gasteiger charge is 2.48. The smallest absolute Gasteiger partial charge is 0.301 e. The minimum atomic E-state index is -0.988. The van der Waals surface area contributed by atoms with Gasteiger partial charge in [-0.15, -0.1) is 10.2 Å². The quantitative estimate of drug-likeness (QED) is 0.0819. The lowest BCUT2D eigenvalue weighted by molar-refractivity contribution is -0.132. The Morgan fingerprint density at radius 1 is 1.10 bits per heavy atom. The predicted octanol–water partition coefficient (Wildman–Crippen LogP) is 6.65. The van der Waals surface area contributed by atoms with Crippen molar-refractivity contribution in [1.82, 2.24) is 10.2 Å². The molecule has 2 heterocycles. The van der Waals surface area contributed by atoms with Crippen molar-refractivity contribution in [3.63, 3.8) is 0 Å². The lowest BCUT2D eigenvalue weighted by Gasteiger charge is -2.23. The van der Waals surface area contributed by atoms with Crippen molar-refractivity contribution in [3.05, 3.63) is 106 Å². The van der Waals surface area contributed by atoms with Crippen LogP contribution in [0.3, 0.4) is 0 Å². The van der Waals surface area contributed by atoms with Gasteiger partial charge in [-0.2, -0.15) is 0 Å². The molecule has 39 heavy (non-hydrogen) atoms. The fourth-order valence-corrected chi connectivity index (χ4v) is 6.14. The zero-order chi connectivity index (χ0) is 27.5. The normalized spacial score (nSPS) is 16.6. The van der Waals surface area contributed by atoms with Gasteiger partial charge in [0.25, 0.3) is 5.78 Å². The summed E-state index contributed by atoms with van der Waals surface area (Å²) in [6.45, 7) is 2.27. The van der Waals surface area contributed by atoms with Crippen LogP contribution in [0.5, 0.6) is 5.75 Å². The van der Waals surface area contributed by atoms with Crippen LogP contribution >= 0.6 is 34.7 Å². The van der Waals surface area contributed by atoms with E-state index in [1.165, 1.54) is 22.7 Å². The summed E-state index contributed by atoms with van der Waals surface area (Å²) in [6.07, 6.45) is 0. The standard InChI is InChI=1S/C28H21ClFN3O4S2/c1-2-37-20-8-5-7-17(14-20)23-22(24(34)16-10-12-19(29)13-11-16)25(35)26(36)33(23)27-31-32-28(39-27)38-15-18-6-3-4-9-21(18)30/h3-14,23,34H,2,15H2,1H3. The molecule has 7 nitrogen and oxygen atoms in total. The van der Waals surface area contributed by atoms with Crippen LogP contribution in [-0.4, -0.2) is 33.6 Å². The zero-order valence-corrected chi connectivity index (χ0v) is 22.9. The van der Waals surface area contributed by atoms with Gasteiger partial charge in [-0.1, -0.05) is 65.0 Å². The van der Waals surface area contributed by atoms with Crippen molar-refractivity contribution >= 4 is 57.3 Å². The van der Waals surface area contributed by atoms with Crippen LogP contribution in [0.25, 0.3) is 5.76 Å². The Kier molecular flexibility index (Phi) is 7.97. The summed E-state index contributed by atoms with van der Waals surface area (Å²) in [6, 6.07) is 18.7. The monoisotopic (exact) mass is 581 g/mol. The van der Waals surface area contributed by atoms with Gasteiger partial charge in [0.15, 0.2) is 4.34 Å². The number of ketones is 1. The van der Waals surface area contributed by atoms with E-state index in [0.29, 0.717) is 44.2 Å². The maximum absolute atomic E-state index is 14.1. The summed E-state index contributed by atoms with van der Waals surface area (Å²) < 4.78 is 20.2. The molecule has 0 saturated carbocycles. The Labute approximate surface area is 236 Å². The van der Waals surface area contributed by atoms with Gasteiger partial charge in [0, 0.05) is 16.3 Å². The largest absolute Gasteiger partial charge is 0.507 e. The van der Waals surface area contributed by atoms with E-state index < -0.39 is 17.7 Å². The number of thioether (sulfide) groups is 1. The van der Waals surface area contributed by atoms with Crippen LogP contribution in [0.15, 0.2) is 82.7 Å². The highest BCUT2D eigenvalue weighted by Crippen LogP contribution is 2.44. The Balaban J connectivity index is 1.56. The molecule has 1 unspecified atom stereocenters. The summed E-state index contributed by atoms with van der Waals surface area (Å²) in [5.41, 5.74) is 1.30. The Morgan fingerprint density at radius 2 is 1.87 bits per heavy atom. The molecule has 1 aliphatic heterocycles. The maximum Gasteiger partial charge on any atom is 0.301 e. The van der Waals surface area contributed by atoms with Crippen LogP contribution in [0.2, 0.25) is 5.02 Å². The second kappa shape index (κ2) is 11.6. The average molecular weight is 582 g/mol. The molecule has 0 aliphatic carbocycles. The van der Waals surface area contributed by atoms with E-state index in [2.05, 4.69) is 10.2 Å². The first-order chi connectivity index (χ1) is 18.9. The maximum atomic E-state index is 14.1. The van der Waals surface area contributed by atoms with Crippen molar-refractivity contribution in [2.45, 2.75) is 23.1 Å². The number of amides is 1. The highest BCUT2D eigenvalue weighted by atomic mass is 35.5. The number of anilines is 1. The molecule has 1 fully saturated rings. The number of benzene rings is 3. The first kappa shape index (κ1) is 26.9. The van der Waals surface area contributed by atoms with Gasteiger partial charge in [-0.05, 0) is 60.5 Å². The van der Waals surface area contributed by atoms with E-state index in [-0.39, 0.29) is 22.3 Å². The van der Waals surface area contributed by atoms with E-state index in [9.17, 15) is 19.1 Å². The Hall–Kier alpha value is -3.73. The van der Waals surface area contributed by atoms with Gasteiger partial charge >= 0.3 is 5.91 Å². The molecule has 1 saturated heterocycles. The number of nitrogens with zero attached hydrogens (tertiary/aromatic N) is 3. The average Bonchev–Trinajstić information content (AvgIpc) is 3.50. The van der Waals surface area contributed by atoms with Gasteiger partial charge in [-0.3, -0.25) is 14.5 Å². The Bertz CT molecular complexity index is 1580. The first-order valence-corrected chi connectivity index (χ1v) is 14.0. The minimum absolute atomic E-state index is 0.0910. The molecule has 1 atom stereocenters. The second-order valence-electron chi connectivity index (χ2n) is 8.41. The number of carbonyl (C=O) groups excluding carboxylic acids is 2. The van der Waals surface area contributed by atoms with Crippen LogP contribution in [0.1, 0.15) is 29.7 Å². The third kappa shape index (κ3) is 5.54. The Morgan fingerprint density at radius 3 is 2.62 bits per heavy atom. The molecule has 4 aromatic rings.